The molecule has 0 spiro atoms. The third-order valence-corrected chi connectivity index (χ3v) is 3.10. The van der Waals surface area contributed by atoms with Crippen molar-refractivity contribution in [2.75, 3.05) is 13.1 Å². The van der Waals surface area contributed by atoms with Crippen LogP contribution in [0.4, 0.5) is 17.6 Å². The summed E-state index contributed by atoms with van der Waals surface area (Å²) in [6, 6.07) is 0. The van der Waals surface area contributed by atoms with Crippen LogP contribution in [0.5, 0.6) is 0 Å². The normalized spacial score (nSPS) is 14.7. The van der Waals surface area contributed by atoms with Crippen LogP contribution in [0.1, 0.15) is 1.43 Å². The van der Waals surface area contributed by atoms with Crippen molar-refractivity contribution in [1.29, 1.82) is 0 Å². The summed E-state index contributed by atoms with van der Waals surface area (Å²) in [5.41, 5.74) is 0. The molecule has 1 atom stereocenters. The second kappa shape index (κ2) is 7.26. The molecular weight excluding hydrogens is 301 g/mol. The standard InChI is InChI=1S/C9H11F4NO4S.Li.H/c1-3-5-14(6-4-2)7(15)8(10,9(11,12)13)19(16,17)18;;/h3-4H,1-2,5-6H2,(H,16,17,18);;/q;+1;-1. The summed E-state index contributed by atoms with van der Waals surface area (Å²) in [7, 11) is -6.35. The van der Waals surface area contributed by atoms with Crippen molar-refractivity contribution in [2.45, 2.75) is 11.2 Å². The zero-order valence-electron chi connectivity index (χ0n) is 11.5. The van der Waals surface area contributed by atoms with Crippen LogP contribution < -0.4 is 18.9 Å². The summed E-state index contributed by atoms with van der Waals surface area (Å²) >= 11 is 0. The molecular formula is C9H12F4LiNO4S. The molecule has 20 heavy (non-hydrogen) atoms. The fraction of sp³-hybridized carbons (Fsp3) is 0.444. The van der Waals surface area contributed by atoms with Crippen LogP contribution >= 0.6 is 0 Å². The van der Waals surface area contributed by atoms with Gasteiger partial charge in [-0.25, -0.2) is 4.39 Å². The first-order valence-corrected chi connectivity index (χ1v) is 6.11. The third-order valence-electron chi connectivity index (χ3n) is 1.98. The Balaban J connectivity index is -0.00000162. The van der Waals surface area contributed by atoms with Gasteiger partial charge in [0.15, 0.2) is 0 Å². The fourth-order valence-electron chi connectivity index (χ4n) is 1.13. The van der Waals surface area contributed by atoms with Crippen LogP contribution in [0, 0.1) is 0 Å². The quantitative estimate of drug-likeness (QED) is 0.278. The van der Waals surface area contributed by atoms with Gasteiger partial charge in [0.05, 0.1) is 0 Å². The molecule has 1 unspecified atom stereocenters. The Morgan fingerprint density at radius 2 is 1.55 bits per heavy atom. The molecule has 1 amide bonds. The van der Waals surface area contributed by atoms with E-state index < -0.39 is 40.3 Å². The van der Waals surface area contributed by atoms with Gasteiger partial charge >= 0.3 is 40.2 Å². The van der Waals surface area contributed by atoms with E-state index in [1.54, 1.807) is 0 Å². The van der Waals surface area contributed by atoms with E-state index in [-0.39, 0.29) is 25.2 Å². The number of hydrogen-bond donors (Lipinski definition) is 1. The van der Waals surface area contributed by atoms with Gasteiger partial charge in [-0.3, -0.25) is 9.35 Å². The fourth-order valence-corrected chi connectivity index (χ4v) is 1.78. The Hall–Kier alpha value is -0.823. The number of carbonyl (C=O) groups excluding carboxylic acids is 1. The summed E-state index contributed by atoms with van der Waals surface area (Å²) in [5.74, 6) is -2.46. The smallest absolute Gasteiger partial charge is 1.00 e. The van der Waals surface area contributed by atoms with Crippen molar-refractivity contribution in [1.82, 2.24) is 4.90 Å². The molecule has 0 aromatic heterocycles. The zero-order valence-corrected chi connectivity index (χ0v) is 11.3. The van der Waals surface area contributed by atoms with Gasteiger partial charge < -0.3 is 6.33 Å². The van der Waals surface area contributed by atoms with Gasteiger partial charge in [0.2, 0.25) is 0 Å². The molecule has 0 rings (SSSR count). The molecule has 0 heterocycles. The second-order valence-electron chi connectivity index (χ2n) is 3.36. The molecule has 0 bridgehead atoms. The van der Waals surface area contributed by atoms with Gasteiger partial charge in [0, 0.05) is 13.1 Å². The Labute approximate surface area is 126 Å². The van der Waals surface area contributed by atoms with Crippen molar-refractivity contribution in [2.24, 2.45) is 0 Å². The van der Waals surface area contributed by atoms with E-state index in [4.69, 9.17) is 4.55 Å². The van der Waals surface area contributed by atoms with E-state index in [1.807, 2.05) is 0 Å². The molecule has 0 saturated carbocycles. The predicted molar refractivity (Wildman–Crippen MR) is 59.5 cm³/mol. The number of amides is 1. The van der Waals surface area contributed by atoms with Crippen molar-refractivity contribution < 1.29 is 55.6 Å². The van der Waals surface area contributed by atoms with Gasteiger partial charge in [0.1, 0.15) is 0 Å². The van der Waals surface area contributed by atoms with Crippen molar-refractivity contribution in [3.63, 3.8) is 0 Å². The van der Waals surface area contributed by atoms with Crippen LogP contribution in [0.15, 0.2) is 25.3 Å². The molecule has 5 nitrogen and oxygen atoms in total. The average molecular weight is 313 g/mol. The van der Waals surface area contributed by atoms with Crippen LogP contribution in [0.2, 0.25) is 0 Å². The van der Waals surface area contributed by atoms with E-state index in [9.17, 15) is 30.8 Å². The van der Waals surface area contributed by atoms with Gasteiger partial charge in [-0.1, -0.05) is 12.2 Å². The maximum absolute atomic E-state index is 13.7. The second-order valence-corrected chi connectivity index (χ2v) is 4.87. The van der Waals surface area contributed by atoms with Crippen LogP contribution in [0.25, 0.3) is 0 Å². The predicted octanol–water partition coefficient (Wildman–Crippen LogP) is -1.58. The van der Waals surface area contributed by atoms with E-state index in [0.29, 0.717) is 0 Å². The molecule has 112 valence electrons. The molecule has 0 aliphatic heterocycles. The largest absolute Gasteiger partial charge is 1.00 e. The number of alkyl halides is 4. The summed E-state index contributed by atoms with van der Waals surface area (Å²) < 4.78 is 80.7. The topological polar surface area (TPSA) is 74.7 Å². The van der Waals surface area contributed by atoms with Gasteiger partial charge in [-0.05, 0) is 0 Å². The van der Waals surface area contributed by atoms with Gasteiger partial charge in [-0.15, -0.1) is 13.2 Å². The minimum Gasteiger partial charge on any atom is -1.00 e. The summed E-state index contributed by atoms with van der Waals surface area (Å²) in [5, 5.41) is -5.42. The SMILES string of the molecule is C=CCN(CC=C)C(=O)C(F)(C(F)(F)F)S(=O)(=O)O.[H-].[Li+]. The number of hydrogen-bond acceptors (Lipinski definition) is 3. The van der Waals surface area contributed by atoms with Gasteiger partial charge in [0.25, 0.3) is 5.91 Å². The van der Waals surface area contributed by atoms with E-state index in [2.05, 4.69) is 13.2 Å². The van der Waals surface area contributed by atoms with E-state index in [0.717, 1.165) is 12.2 Å². The first-order valence-electron chi connectivity index (χ1n) is 4.67. The van der Waals surface area contributed by atoms with E-state index >= 15 is 0 Å². The van der Waals surface area contributed by atoms with Crippen molar-refractivity contribution in [3.8, 4) is 0 Å². The Kier molecular flexibility index (Phi) is 7.80. The first kappa shape index (κ1) is 21.5. The van der Waals surface area contributed by atoms with Crippen LogP contribution in [0.3, 0.4) is 0 Å². The Morgan fingerprint density at radius 1 is 1.20 bits per heavy atom. The molecule has 11 heteroatoms. The Morgan fingerprint density at radius 3 is 1.75 bits per heavy atom. The summed E-state index contributed by atoms with van der Waals surface area (Å²) in [4.78, 5) is 11.6. The summed E-state index contributed by atoms with van der Waals surface area (Å²) in [6.07, 6.45) is -4.21. The molecule has 0 aromatic carbocycles. The third kappa shape index (κ3) is 4.08. The number of rotatable bonds is 6. The molecule has 0 radical (unpaired) electrons. The first-order chi connectivity index (χ1) is 8.43. The minimum atomic E-state index is -6.35. The molecule has 0 aliphatic rings. The molecule has 0 aromatic rings. The maximum Gasteiger partial charge on any atom is 1.00 e. The molecule has 0 saturated heterocycles. The monoisotopic (exact) mass is 313 g/mol. The average Bonchev–Trinajstić information content (AvgIpc) is 2.23. The number of nitrogens with zero attached hydrogens (tertiary/aromatic N) is 1. The van der Waals surface area contributed by atoms with Crippen LogP contribution in [-0.4, -0.2) is 48.0 Å². The van der Waals surface area contributed by atoms with Gasteiger partial charge in [-0.2, -0.15) is 21.6 Å². The number of halogens is 4. The van der Waals surface area contributed by atoms with Crippen LogP contribution in [-0.2, 0) is 14.9 Å². The zero-order chi connectivity index (χ0) is 15.5. The molecule has 1 N–H and O–H groups in total. The van der Waals surface area contributed by atoms with Crippen molar-refractivity contribution in [3.05, 3.63) is 25.3 Å². The number of carbonyl (C=O) groups is 1. The van der Waals surface area contributed by atoms with Crippen molar-refractivity contribution >= 4 is 16.0 Å². The van der Waals surface area contributed by atoms with E-state index in [1.165, 1.54) is 0 Å². The molecule has 0 fully saturated rings. The molecule has 0 aliphatic carbocycles. The summed E-state index contributed by atoms with van der Waals surface area (Å²) in [6.45, 7) is 5.15. The minimum absolute atomic E-state index is 0. The maximum atomic E-state index is 13.7. The Bertz CT molecular complexity index is 475.